The number of carbonyl (C=O) groups is 4. The molecule has 0 radical (unpaired) electrons. The van der Waals surface area contributed by atoms with Gasteiger partial charge in [0.25, 0.3) is 0 Å². The van der Waals surface area contributed by atoms with E-state index in [1.54, 1.807) is 30.5 Å². The van der Waals surface area contributed by atoms with Crippen LogP contribution in [-0.4, -0.2) is 77.0 Å². The minimum Gasteiger partial charge on any atom is -0.480 e. The molecular weight excluding hydrogens is 590 g/mol. The average Bonchev–Trinajstić information content (AvgIpc) is 3.44. The number of rotatable bonds is 19. The molecule has 14 heteroatoms. The van der Waals surface area contributed by atoms with Gasteiger partial charge in [0.05, 0.1) is 6.04 Å². The van der Waals surface area contributed by atoms with Gasteiger partial charge in [0.1, 0.15) is 18.1 Å². The number of nitrogens with zero attached hydrogens (tertiary/aromatic N) is 1. The van der Waals surface area contributed by atoms with Crippen LogP contribution in [0.15, 0.2) is 65.8 Å². The molecule has 0 aliphatic heterocycles. The Balaban J connectivity index is 1.80. The molecule has 2 aromatic carbocycles. The number of nitrogens with one attached hydrogen (secondary N) is 4. The van der Waals surface area contributed by atoms with E-state index in [1.165, 1.54) is 0 Å². The van der Waals surface area contributed by atoms with Crippen molar-refractivity contribution in [3.63, 3.8) is 0 Å². The van der Waals surface area contributed by atoms with Crippen molar-refractivity contribution in [3.05, 3.63) is 71.9 Å². The predicted molar refractivity (Wildman–Crippen MR) is 176 cm³/mol. The zero-order valence-corrected chi connectivity index (χ0v) is 25.8. The van der Waals surface area contributed by atoms with Gasteiger partial charge in [-0.1, -0.05) is 55.0 Å². The van der Waals surface area contributed by atoms with Crippen LogP contribution in [-0.2, 0) is 32.0 Å². The fourth-order valence-electron chi connectivity index (χ4n) is 5.02. The lowest BCUT2D eigenvalue weighted by Crippen LogP contribution is -2.57. The van der Waals surface area contributed by atoms with Gasteiger partial charge in [0, 0.05) is 36.5 Å². The highest BCUT2D eigenvalue weighted by Crippen LogP contribution is 2.19. The Kier molecular flexibility index (Phi) is 14.0. The van der Waals surface area contributed by atoms with Crippen molar-refractivity contribution in [3.8, 4) is 0 Å². The largest absolute Gasteiger partial charge is 0.480 e. The third-order valence-electron chi connectivity index (χ3n) is 7.51. The van der Waals surface area contributed by atoms with Gasteiger partial charge in [0.2, 0.25) is 17.7 Å². The second-order valence-electron chi connectivity index (χ2n) is 11.1. The Bertz CT molecular complexity index is 1470. The molecule has 248 valence electrons. The number of H-pyrrole nitrogens is 1. The summed E-state index contributed by atoms with van der Waals surface area (Å²) in [7, 11) is 0. The number of guanidine groups is 1. The molecular formula is C32H45N9O5. The number of carbonyl (C=O) groups excluding carboxylic acids is 3. The average molecular weight is 636 g/mol. The number of para-hydroxylation sites is 1. The van der Waals surface area contributed by atoms with Crippen molar-refractivity contribution < 1.29 is 24.3 Å². The summed E-state index contributed by atoms with van der Waals surface area (Å²) in [6.07, 6.45) is 4.05. The summed E-state index contributed by atoms with van der Waals surface area (Å²) >= 11 is 0. The number of carboxylic acids is 1. The highest BCUT2D eigenvalue weighted by atomic mass is 16.4. The van der Waals surface area contributed by atoms with E-state index in [9.17, 15) is 24.3 Å². The Hall–Kier alpha value is -4.95. The van der Waals surface area contributed by atoms with Crippen LogP contribution >= 0.6 is 0 Å². The molecule has 0 saturated carbocycles. The molecule has 14 nitrogen and oxygen atoms in total. The Labute approximate surface area is 267 Å². The van der Waals surface area contributed by atoms with Crippen LogP contribution in [0.5, 0.6) is 0 Å². The normalized spacial score (nSPS) is 13.6. The SMILES string of the molecule is NCCCCC(N)C(=O)NC(CCCN=C(N)N)C(=O)NC(Cc1ccccc1)C(=O)NC(Cc1c[nH]c2ccccc12)C(=O)O. The standard InChI is InChI=1S/C32H45N9O5/c33-15-7-6-12-23(34)28(42)39-25(14-8-16-37-32(35)36)29(43)40-26(17-20-9-2-1-3-10-20)30(44)41-27(31(45)46)18-21-19-38-24-13-5-4-11-22(21)24/h1-5,9-11,13,19,23,25-27,38H,6-8,12,14-18,33-34H2,(H,39,42)(H,40,43)(H,41,44)(H,45,46)(H4,35,36,37). The Morgan fingerprint density at radius 3 is 2.13 bits per heavy atom. The predicted octanol–water partition coefficient (Wildman–Crippen LogP) is 0.00200. The molecule has 1 heterocycles. The summed E-state index contributed by atoms with van der Waals surface area (Å²) in [6, 6.07) is 12.1. The maximum atomic E-state index is 13.7. The number of aromatic nitrogens is 1. The van der Waals surface area contributed by atoms with Gasteiger partial charge < -0.3 is 49.0 Å². The Morgan fingerprint density at radius 2 is 1.43 bits per heavy atom. The number of hydrogen-bond acceptors (Lipinski definition) is 7. The summed E-state index contributed by atoms with van der Waals surface area (Å²) in [4.78, 5) is 59.5. The van der Waals surface area contributed by atoms with Crippen molar-refractivity contribution in [2.45, 2.75) is 69.1 Å². The van der Waals surface area contributed by atoms with E-state index in [0.717, 1.165) is 22.0 Å². The van der Waals surface area contributed by atoms with Crippen molar-refractivity contribution in [1.82, 2.24) is 20.9 Å². The van der Waals surface area contributed by atoms with Crippen molar-refractivity contribution in [2.75, 3.05) is 13.1 Å². The lowest BCUT2D eigenvalue weighted by atomic mass is 10.0. The zero-order valence-electron chi connectivity index (χ0n) is 25.8. The first-order chi connectivity index (χ1) is 22.1. The van der Waals surface area contributed by atoms with Gasteiger partial charge in [-0.25, -0.2) is 4.79 Å². The molecule has 3 amide bonds. The summed E-state index contributed by atoms with van der Waals surface area (Å²) < 4.78 is 0. The van der Waals surface area contributed by atoms with Crippen LogP contribution in [0.4, 0.5) is 0 Å². The maximum Gasteiger partial charge on any atom is 0.326 e. The first-order valence-corrected chi connectivity index (χ1v) is 15.3. The van der Waals surface area contributed by atoms with E-state index in [4.69, 9.17) is 22.9 Å². The molecule has 3 aromatic rings. The second-order valence-corrected chi connectivity index (χ2v) is 11.1. The third-order valence-corrected chi connectivity index (χ3v) is 7.51. The minimum absolute atomic E-state index is 0.0165. The highest BCUT2D eigenvalue weighted by molar-refractivity contribution is 5.94. The van der Waals surface area contributed by atoms with E-state index in [2.05, 4.69) is 25.9 Å². The van der Waals surface area contributed by atoms with Crippen molar-refractivity contribution in [1.29, 1.82) is 0 Å². The highest BCUT2D eigenvalue weighted by Gasteiger charge is 2.31. The molecule has 4 unspecified atom stereocenters. The van der Waals surface area contributed by atoms with E-state index in [-0.39, 0.29) is 31.8 Å². The number of nitrogens with two attached hydrogens (primary N) is 4. The molecule has 3 rings (SSSR count). The zero-order chi connectivity index (χ0) is 33.5. The molecule has 4 atom stereocenters. The van der Waals surface area contributed by atoms with Crippen molar-refractivity contribution >= 4 is 40.6 Å². The van der Waals surface area contributed by atoms with Crippen LogP contribution in [0, 0.1) is 0 Å². The monoisotopic (exact) mass is 635 g/mol. The fourth-order valence-corrected chi connectivity index (χ4v) is 5.02. The van der Waals surface area contributed by atoms with Crippen LogP contribution in [0.25, 0.3) is 10.9 Å². The van der Waals surface area contributed by atoms with Gasteiger partial charge in [-0.15, -0.1) is 0 Å². The van der Waals surface area contributed by atoms with E-state index in [0.29, 0.717) is 32.2 Å². The number of aliphatic carboxylic acids is 1. The van der Waals surface area contributed by atoms with E-state index in [1.807, 2.05) is 30.3 Å². The molecule has 46 heavy (non-hydrogen) atoms. The van der Waals surface area contributed by atoms with Crippen LogP contribution in [0.2, 0.25) is 0 Å². The van der Waals surface area contributed by atoms with Gasteiger partial charge >= 0.3 is 5.97 Å². The van der Waals surface area contributed by atoms with Crippen LogP contribution in [0.3, 0.4) is 0 Å². The van der Waals surface area contributed by atoms with Crippen LogP contribution in [0.1, 0.15) is 43.2 Å². The van der Waals surface area contributed by atoms with Gasteiger partial charge in [-0.2, -0.15) is 0 Å². The summed E-state index contributed by atoms with van der Waals surface area (Å²) in [5.74, 6) is -3.17. The Morgan fingerprint density at radius 1 is 0.783 bits per heavy atom. The number of fused-ring (bicyclic) bond motifs is 1. The van der Waals surface area contributed by atoms with E-state index >= 15 is 0 Å². The second kappa shape index (κ2) is 18.1. The molecule has 0 fully saturated rings. The molecule has 0 spiro atoms. The van der Waals surface area contributed by atoms with Gasteiger partial charge in [0.15, 0.2) is 5.96 Å². The molecule has 0 aliphatic rings. The number of amides is 3. The first kappa shape index (κ1) is 35.5. The quantitative estimate of drug-likeness (QED) is 0.0487. The topological polar surface area (TPSA) is 257 Å². The molecule has 0 aliphatic carbocycles. The number of aromatic amines is 1. The number of carboxylic acid groups (broad SMARTS) is 1. The van der Waals surface area contributed by atoms with Crippen LogP contribution < -0.4 is 38.9 Å². The summed E-state index contributed by atoms with van der Waals surface area (Å²) in [5, 5.41) is 18.9. The molecule has 0 bridgehead atoms. The maximum absolute atomic E-state index is 13.7. The number of hydrogen-bond donors (Lipinski definition) is 9. The number of unbranched alkanes of at least 4 members (excludes halogenated alkanes) is 1. The lowest BCUT2D eigenvalue weighted by Gasteiger charge is -2.25. The fraction of sp³-hybridized carbons (Fsp3) is 0.406. The van der Waals surface area contributed by atoms with E-state index < -0.39 is 47.9 Å². The van der Waals surface area contributed by atoms with Gasteiger partial charge in [-0.3, -0.25) is 19.4 Å². The lowest BCUT2D eigenvalue weighted by molar-refractivity contribution is -0.142. The summed E-state index contributed by atoms with van der Waals surface area (Å²) in [5.41, 5.74) is 24.7. The third kappa shape index (κ3) is 11.2. The molecule has 1 aromatic heterocycles. The van der Waals surface area contributed by atoms with Crippen molar-refractivity contribution in [2.24, 2.45) is 27.9 Å². The van der Waals surface area contributed by atoms with Gasteiger partial charge in [-0.05, 0) is 49.4 Å². The smallest absolute Gasteiger partial charge is 0.326 e. The first-order valence-electron chi connectivity index (χ1n) is 15.3. The summed E-state index contributed by atoms with van der Waals surface area (Å²) in [6.45, 7) is 0.687. The minimum atomic E-state index is -1.27. The number of benzene rings is 2. The molecule has 13 N–H and O–H groups in total. The number of aliphatic imine (C=N–C) groups is 1. The molecule has 0 saturated heterocycles.